The molecule has 1 spiro atoms. The number of carbonyl (C=O) groups is 2. The van der Waals surface area contributed by atoms with Crippen molar-refractivity contribution in [2.24, 2.45) is 0 Å². The van der Waals surface area contributed by atoms with Crippen LogP contribution in [0.2, 0.25) is 0 Å². The molecule has 6 heteroatoms. The first-order valence-electron chi connectivity index (χ1n) is 9.01. The normalized spacial score (nSPS) is 21.8. The summed E-state index contributed by atoms with van der Waals surface area (Å²) in [4.78, 5) is 26.5. The summed E-state index contributed by atoms with van der Waals surface area (Å²) in [6, 6.07) is 9.74. The molecule has 0 saturated carbocycles. The maximum Gasteiger partial charge on any atom is 0.253 e. The molecule has 26 heavy (non-hydrogen) atoms. The van der Waals surface area contributed by atoms with E-state index in [2.05, 4.69) is 5.32 Å². The average molecular weight is 353 g/mol. The van der Waals surface area contributed by atoms with Crippen molar-refractivity contribution in [3.8, 4) is 5.69 Å². The van der Waals surface area contributed by atoms with E-state index in [1.54, 1.807) is 6.92 Å². The van der Waals surface area contributed by atoms with Crippen molar-refractivity contribution in [2.45, 2.75) is 38.5 Å². The van der Waals surface area contributed by atoms with Crippen molar-refractivity contribution in [1.82, 2.24) is 14.8 Å². The largest absolute Gasteiger partial charge is 0.343 e. The van der Waals surface area contributed by atoms with Crippen LogP contribution in [0.4, 0.5) is 0 Å². The minimum absolute atomic E-state index is 0.0191. The summed E-state index contributed by atoms with van der Waals surface area (Å²) in [6.45, 7) is 4.93. The molecule has 2 amide bonds. The third kappa shape index (κ3) is 2.90. The number of ether oxygens (including phenoxy) is 1. The molecule has 4 rings (SSSR count). The summed E-state index contributed by atoms with van der Waals surface area (Å²) < 4.78 is 7.83. The summed E-state index contributed by atoms with van der Waals surface area (Å²) in [5, 5.41) is 2.95. The number of likely N-dealkylation sites (tertiary alicyclic amines) is 1. The van der Waals surface area contributed by atoms with Crippen molar-refractivity contribution in [1.29, 1.82) is 0 Å². The molecule has 2 aliphatic heterocycles. The summed E-state index contributed by atoms with van der Waals surface area (Å²) in [5.74, 6) is -0.0506. The SMILES string of the molecule is Cc1ccc(C(=O)N2CCC3(CC2)NC(=O)C(C)O3)cc1-n1cccc1. The van der Waals surface area contributed by atoms with E-state index in [0.29, 0.717) is 31.5 Å². The fourth-order valence-corrected chi connectivity index (χ4v) is 3.76. The Morgan fingerprint density at radius 1 is 1.23 bits per heavy atom. The topological polar surface area (TPSA) is 63.6 Å². The van der Waals surface area contributed by atoms with E-state index in [1.165, 1.54) is 0 Å². The quantitative estimate of drug-likeness (QED) is 0.901. The second-order valence-electron chi connectivity index (χ2n) is 7.13. The number of rotatable bonds is 2. The van der Waals surface area contributed by atoms with Gasteiger partial charge in [-0.15, -0.1) is 0 Å². The van der Waals surface area contributed by atoms with E-state index in [0.717, 1.165) is 11.3 Å². The fourth-order valence-electron chi connectivity index (χ4n) is 3.76. The number of benzene rings is 1. The Labute approximate surface area is 152 Å². The lowest BCUT2D eigenvalue weighted by molar-refractivity contribution is -0.123. The molecule has 3 heterocycles. The van der Waals surface area contributed by atoms with Gasteiger partial charge in [0.05, 0.1) is 0 Å². The molecule has 2 fully saturated rings. The summed E-state index contributed by atoms with van der Waals surface area (Å²) in [6.07, 6.45) is 4.76. The first-order valence-corrected chi connectivity index (χ1v) is 9.01. The Bertz CT molecular complexity index is 836. The predicted octanol–water partition coefficient (Wildman–Crippen LogP) is 2.25. The second kappa shape index (κ2) is 6.29. The number of aromatic nitrogens is 1. The molecule has 1 aromatic heterocycles. The first-order chi connectivity index (χ1) is 12.5. The van der Waals surface area contributed by atoms with Gasteiger partial charge in [-0.05, 0) is 43.7 Å². The summed E-state index contributed by atoms with van der Waals surface area (Å²) in [5.41, 5.74) is 2.21. The molecule has 1 N–H and O–H groups in total. The molecule has 136 valence electrons. The van der Waals surface area contributed by atoms with Crippen LogP contribution < -0.4 is 5.32 Å². The maximum absolute atomic E-state index is 13.0. The lowest BCUT2D eigenvalue weighted by Gasteiger charge is -2.38. The summed E-state index contributed by atoms with van der Waals surface area (Å²) >= 11 is 0. The van der Waals surface area contributed by atoms with Crippen molar-refractivity contribution < 1.29 is 14.3 Å². The van der Waals surface area contributed by atoms with Gasteiger partial charge in [0.25, 0.3) is 11.8 Å². The molecule has 1 atom stereocenters. The van der Waals surface area contributed by atoms with E-state index in [4.69, 9.17) is 4.74 Å². The minimum atomic E-state index is -0.600. The molecule has 1 unspecified atom stereocenters. The molecular weight excluding hydrogens is 330 g/mol. The zero-order valence-corrected chi connectivity index (χ0v) is 15.1. The highest BCUT2D eigenvalue weighted by Gasteiger charge is 2.45. The van der Waals surface area contributed by atoms with Crippen LogP contribution in [0.1, 0.15) is 35.7 Å². The zero-order chi connectivity index (χ0) is 18.3. The van der Waals surface area contributed by atoms with Gasteiger partial charge in [0, 0.05) is 49.6 Å². The van der Waals surface area contributed by atoms with Gasteiger partial charge < -0.3 is 19.5 Å². The molecule has 6 nitrogen and oxygen atoms in total. The van der Waals surface area contributed by atoms with E-state index < -0.39 is 11.8 Å². The van der Waals surface area contributed by atoms with Crippen LogP contribution in [-0.2, 0) is 9.53 Å². The van der Waals surface area contributed by atoms with Crippen LogP contribution in [0.15, 0.2) is 42.7 Å². The van der Waals surface area contributed by atoms with Crippen molar-refractivity contribution in [2.75, 3.05) is 13.1 Å². The molecule has 0 bridgehead atoms. The number of aryl methyl sites for hydroxylation is 1. The minimum Gasteiger partial charge on any atom is -0.343 e. The Morgan fingerprint density at radius 2 is 1.92 bits per heavy atom. The standard InChI is InChI=1S/C20H23N3O3/c1-14-5-6-16(13-17(14)22-9-3-4-10-22)19(25)23-11-7-20(8-12-23)21-18(24)15(2)26-20/h3-6,9-10,13,15H,7-8,11-12H2,1-2H3,(H,21,24). The molecule has 0 aliphatic carbocycles. The average Bonchev–Trinajstić information content (AvgIpc) is 3.25. The van der Waals surface area contributed by atoms with E-state index >= 15 is 0 Å². The van der Waals surface area contributed by atoms with E-state index in [-0.39, 0.29) is 11.8 Å². The predicted molar refractivity (Wildman–Crippen MR) is 97.1 cm³/mol. The smallest absolute Gasteiger partial charge is 0.253 e. The van der Waals surface area contributed by atoms with Gasteiger partial charge in [-0.3, -0.25) is 9.59 Å². The number of carbonyl (C=O) groups excluding carboxylic acids is 2. The van der Waals surface area contributed by atoms with Crippen LogP contribution in [-0.4, -0.2) is 46.2 Å². The molecular formula is C20H23N3O3. The lowest BCUT2D eigenvalue weighted by atomic mass is 9.99. The number of amides is 2. The van der Waals surface area contributed by atoms with Crippen LogP contribution in [0.5, 0.6) is 0 Å². The van der Waals surface area contributed by atoms with Crippen LogP contribution >= 0.6 is 0 Å². The van der Waals surface area contributed by atoms with Gasteiger partial charge in [-0.1, -0.05) is 6.07 Å². The van der Waals surface area contributed by atoms with Crippen molar-refractivity contribution >= 4 is 11.8 Å². The Balaban J connectivity index is 1.49. The van der Waals surface area contributed by atoms with E-state index in [9.17, 15) is 9.59 Å². The first kappa shape index (κ1) is 16.8. The van der Waals surface area contributed by atoms with Gasteiger partial charge in [0.1, 0.15) is 11.8 Å². The van der Waals surface area contributed by atoms with Gasteiger partial charge in [0.2, 0.25) is 0 Å². The van der Waals surface area contributed by atoms with Crippen LogP contribution in [0.25, 0.3) is 5.69 Å². The monoisotopic (exact) mass is 353 g/mol. The molecule has 2 aromatic rings. The summed E-state index contributed by atoms with van der Waals surface area (Å²) in [7, 11) is 0. The molecule has 2 saturated heterocycles. The van der Waals surface area contributed by atoms with Crippen molar-refractivity contribution in [3.63, 3.8) is 0 Å². The van der Waals surface area contributed by atoms with Crippen LogP contribution in [0, 0.1) is 6.92 Å². The maximum atomic E-state index is 13.0. The molecule has 0 radical (unpaired) electrons. The van der Waals surface area contributed by atoms with Crippen molar-refractivity contribution in [3.05, 3.63) is 53.9 Å². The Morgan fingerprint density at radius 3 is 2.54 bits per heavy atom. The highest BCUT2D eigenvalue weighted by atomic mass is 16.5. The number of piperidine rings is 1. The third-order valence-electron chi connectivity index (χ3n) is 5.32. The highest BCUT2D eigenvalue weighted by molar-refractivity contribution is 5.95. The van der Waals surface area contributed by atoms with Gasteiger partial charge in [-0.25, -0.2) is 0 Å². The number of nitrogens with zero attached hydrogens (tertiary/aromatic N) is 2. The molecule has 1 aromatic carbocycles. The fraction of sp³-hybridized carbons (Fsp3) is 0.400. The number of hydrogen-bond donors (Lipinski definition) is 1. The zero-order valence-electron chi connectivity index (χ0n) is 15.1. The Hall–Kier alpha value is -2.60. The third-order valence-corrected chi connectivity index (χ3v) is 5.32. The number of hydrogen-bond acceptors (Lipinski definition) is 3. The van der Waals surface area contributed by atoms with Crippen LogP contribution in [0.3, 0.4) is 0 Å². The molecule has 2 aliphatic rings. The van der Waals surface area contributed by atoms with Gasteiger partial charge in [0.15, 0.2) is 0 Å². The van der Waals surface area contributed by atoms with Gasteiger partial charge >= 0.3 is 0 Å². The second-order valence-corrected chi connectivity index (χ2v) is 7.13. The van der Waals surface area contributed by atoms with E-state index in [1.807, 2.05) is 59.1 Å². The Kier molecular flexibility index (Phi) is 4.07. The van der Waals surface area contributed by atoms with Gasteiger partial charge in [-0.2, -0.15) is 0 Å². The lowest BCUT2D eigenvalue weighted by Crippen LogP contribution is -2.53. The number of nitrogens with one attached hydrogen (secondary N) is 1. The highest BCUT2D eigenvalue weighted by Crippen LogP contribution is 2.30.